The van der Waals surface area contributed by atoms with Crippen molar-refractivity contribution in [1.82, 2.24) is 0 Å². The molecule has 140 valence electrons. The fourth-order valence-corrected chi connectivity index (χ4v) is 3.53. The van der Waals surface area contributed by atoms with Gasteiger partial charge in [0.2, 0.25) is 0 Å². The number of phosphoric acid groups is 1. The number of benzene rings is 3. The van der Waals surface area contributed by atoms with Gasteiger partial charge in [-0.25, -0.2) is 4.57 Å². The van der Waals surface area contributed by atoms with Gasteiger partial charge in [-0.3, -0.25) is 0 Å². The van der Waals surface area contributed by atoms with Crippen LogP contribution in [-0.4, -0.2) is 5.11 Å². The Bertz CT molecular complexity index is 941. The molecule has 5 nitrogen and oxygen atoms in total. The van der Waals surface area contributed by atoms with Crippen LogP contribution in [0.15, 0.2) is 78.9 Å². The van der Waals surface area contributed by atoms with E-state index < -0.39 is 7.82 Å². The Hall–Kier alpha value is -1.75. The molecule has 3 aromatic rings. The molecule has 0 heterocycles. The van der Waals surface area contributed by atoms with Gasteiger partial charge >= 0.3 is 37.4 Å². The van der Waals surface area contributed by atoms with Gasteiger partial charge in [0, 0.05) is 5.41 Å². The predicted octanol–water partition coefficient (Wildman–Crippen LogP) is 1.65. The van der Waals surface area contributed by atoms with Crippen molar-refractivity contribution in [2.45, 2.75) is 19.3 Å². The van der Waals surface area contributed by atoms with Crippen LogP contribution in [0, 0.1) is 0 Å². The summed E-state index contributed by atoms with van der Waals surface area (Å²) in [6.07, 6.45) is 0. The Morgan fingerprint density at radius 2 is 1.21 bits per heavy atom. The Kier molecular flexibility index (Phi) is 7.38. The van der Waals surface area contributed by atoms with E-state index in [0.29, 0.717) is 0 Å². The van der Waals surface area contributed by atoms with Crippen LogP contribution >= 0.6 is 7.82 Å². The Morgan fingerprint density at radius 1 is 0.786 bits per heavy atom. The molecule has 1 N–H and O–H groups in total. The third kappa shape index (κ3) is 5.63. The van der Waals surface area contributed by atoms with Gasteiger partial charge in [0.05, 0.1) is 0 Å². The van der Waals surface area contributed by atoms with Gasteiger partial charge < -0.3 is 19.0 Å². The maximum atomic E-state index is 12.1. The van der Waals surface area contributed by atoms with E-state index in [0.717, 1.165) is 11.1 Å². The van der Waals surface area contributed by atoms with E-state index in [1.54, 1.807) is 12.1 Å². The fraction of sp³-hybridized carbons (Fsp3) is 0.143. The third-order valence-electron chi connectivity index (χ3n) is 4.34. The first-order valence-electron chi connectivity index (χ1n) is 8.42. The average molecular weight is 406 g/mol. The molecular formula is C21H20NaO5P. The van der Waals surface area contributed by atoms with Crippen LogP contribution in [0.3, 0.4) is 0 Å². The van der Waals surface area contributed by atoms with Crippen LogP contribution < -0.4 is 43.5 Å². The normalized spacial score (nSPS) is 13.1. The zero-order valence-corrected chi connectivity index (χ0v) is 18.9. The van der Waals surface area contributed by atoms with E-state index in [4.69, 9.17) is 9.05 Å². The van der Waals surface area contributed by atoms with Gasteiger partial charge in [-0.05, 0) is 47.5 Å². The van der Waals surface area contributed by atoms with Crippen molar-refractivity contribution < 1.29 is 53.2 Å². The zero-order valence-electron chi connectivity index (χ0n) is 16.0. The van der Waals surface area contributed by atoms with Gasteiger partial charge in [-0.1, -0.05) is 56.3 Å². The fourth-order valence-electron chi connectivity index (χ4n) is 2.74. The molecule has 28 heavy (non-hydrogen) atoms. The molecule has 3 rings (SSSR count). The maximum absolute atomic E-state index is 12.1. The number of hydrogen-bond donors (Lipinski definition) is 1. The monoisotopic (exact) mass is 406 g/mol. The topological polar surface area (TPSA) is 78.8 Å². The van der Waals surface area contributed by atoms with E-state index in [1.165, 1.54) is 24.3 Å². The number of phenols is 1. The molecular weight excluding hydrogens is 386 g/mol. The van der Waals surface area contributed by atoms with Crippen LogP contribution in [0.25, 0.3) is 0 Å². The first-order chi connectivity index (χ1) is 12.8. The molecule has 0 radical (unpaired) electrons. The summed E-state index contributed by atoms with van der Waals surface area (Å²) in [5, 5.41) is 9.23. The SMILES string of the molecule is CC(C)(c1ccccc1)c1ccc(OP(=O)([O-])Oc2ccc(O)cc2)cc1.[Na+]. The van der Waals surface area contributed by atoms with Gasteiger partial charge in [-0.15, -0.1) is 0 Å². The summed E-state index contributed by atoms with van der Waals surface area (Å²) >= 11 is 0. The molecule has 1 unspecified atom stereocenters. The predicted molar refractivity (Wildman–Crippen MR) is 102 cm³/mol. The van der Waals surface area contributed by atoms with Crippen molar-refractivity contribution >= 4 is 7.82 Å². The molecule has 0 aliphatic heterocycles. The third-order valence-corrected chi connectivity index (χ3v) is 5.21. The van der Waals surface area contributed by atoms with Crippen molar-refractivity contribution in [3.63, 3.8) is 0 Å². The van der Waals surface area contributed by atoms with Crippen molar-refractivity contribution in [3.8, 4) is 17.2 Å². The summed E-state index contributed by atoms with van der Waals surface area (Å²) in [5.74, 6) is 0.244. The summed E-state index contributed by atoms with van der Waals surface area (Å²) in [5.41, 5.74) is 1.95. The van der Waals surface area contributed by atoms with Crippen LogP contribution in [0.1, 0.15) is 25.0 Å². The Balaban J connectivity index is 0.00000280. The summed E-state index contributed by atoms with van der Waals surface area (Å²) in [6.45, 7) is 4.20. The summed E-state index contributed by atoms with van der Waals surface area (Å²) < 4.78 is 22.0. The van der Waals surface area contributed by atoms with E-state index in [-0.39, 0.29) is 52.2 Å². The molecule has 0 saturated heterocycles. The molecule has 7 heteroatoms. The van der Waals surface area contributed by atoms with E-state index >= 15 is 0 Å². The van der Waals surface area contributed by atoms with E-state index in [2.05, 4.69) is 26.0 Å². The van der Waals surface area contributed by atoms with E-state index in [9.17, 15) is 14.6 Å². The molecule has 0 aliphatic rings. The number of hydrogen-bond acceptors (Lipinski definition) is 5. The molecule has 0 aromatic heterocycles. The van der Waals surface area contributed by atoms with Gasteiger partial charge in [0.1, 0.15) is 17.2 Å². The number of aromatic hydroxyl groups is 1. The Morgan fingerprint density at radius 3 is 1.71 bits per heavy atom. The van der Waals surface area contributed by atoms with Crippen molar-refractivity contribution in [3.05, 3.63) is 90.0 Å². The van der Waals surface area contributed by atoms with Crippen molar-refractivity contribution in [2.24, 2.45) is 0 Å². The molecule has 0 amide bonds. The second kappa shape index (κ2) is 9.17. The quantitative estimate of drug-likeness (QED) is 0.498. The second-order valence-corrected chi connectivity index (χ2v) is 7.90. The number of phosphoric ester groups is 1. The molecule has 3 aromatic carbocycles. The van der Waals surface area contributed by atoms with Crippen LogP contribution in [0.2, 0.25) is 0 Å². The van der Waals surface area contributed by atoms with Crippen LogP contribution in [0.4, 0.5) is 0 Å². The first kappa shape index (κ1) is 22.5. The summed E-state index contributed by atoms with van der Waals surface area (Å²) in [4.78, 5) is 12.1. The zero-order chi connectivity index (χ0) is 19.5. The van der Waals surface area contributed by atoms with Crippen LogP contribution in [0.5, 0.6) is 17.2 Å². The number of rotatable bonds is 6. The minimum absolute atomic E-state index is 0. The van der Waals surface area contributed by atoms with Gasteiger partial charge in [-0.2, -0.15) is 0 Å². The molecule has 0 bridgehead atoms. The summed E-state index contributed by atoms with van der Waals surface area (Å²) in [7, 11) is -4.60. The standard InChI is InChI=1S/C21H21O5P.Na/c1-21(2,16-6-4-3-5-7-16)17-8-12-19(13-9-17)25-27(23,24)26-20-14-10-18(22)11-15-20;/h3-15,22H,1-2H3,(H,23,24);/q;+1/p-1. The molecule has 0 spiro atoms. The minimum Gasteiger partial charge on any atom is -0.736 e. The second-order valence-electron chi connectivity index (χ2n) is 6.64. The maximum Gasteiger partial charge on any atom is 1.00 e. The van der Waals surface area contributed by atoms with Crippen molar-refractivity contribution in [1.29, 1.82) is 0 Å². The summed E-state index contributed by atoms with van der Waals surface area (Å²) in [6, 6.07) is 22.3. The molecule has 1 atom stereocenters. The van der Waals surface area contributed by atoms with Crippen molar-refractivity contribution in [2.75, 3.05) is 0 Å². The number of phenolic OH excluding ortho intramolecular Hbond substituents is 1. The Labute approximate surface area is 186 Å². The van der Waals surface area contributed by atoms with E-state index in [1.807, 2.05) is 30.3 Å². The molecule has 0 fully saturated rings. The minimum atomic E-state index is -4.60. The van der Waals surface area contributed by atoms with Gasteiger partial charge in [0.15, 0.2) is 0 Å². The molecule has 0 saturated carbocycles. The smallest absolute Gasteiger partial charge is 0.736 e. The molecule has 0 aliphatic carbocycles. The first-order valence-corrected chi connectivity index (χ1v) is 9.88. The average Bonchev–Trinajstić information content (AvgIpc) is 2.64. The van der Waals surface area contributed by atoms with Gasteiger partial charge in [0.25, 0.3) is 0 Å². The largest absolute Gasteiger partial charge is 1.00 e. The van der Waals surface area contributed by atoms with Crippen LogP contribution in [-0.2, 0) is 9.98 Å².